The molecule has 0 saturated heterocycles. The Kier molecular flexibility index (Phi) is 3.28. The first-order chi connectivity index (χ1) is 8.97. The van der Waals surface area contributed by atoms with E-state index in [-0.39, 0.29) is 11.4 Å². The number of aromatic carboxylic acids is 1. The summed E-state index contributed by atoms with van der Waals surface area (Å²) in [7, 11) is 0. The van der Waals surface area contributed by atoms with Crippen LogP contribution >= 0.6 is 0 Å². The molecule has 0 atom stereocenters. The van der Waals surface area contributed by atoms with E-state index in [1.807, 2.05) is 0 Å². The molecule has 2 N–H and O–H groups in total. The third-order valence-electron chi connectivity index (χ3n) is 2.32. The van der Waals surface area contributed by atoms with Gasteiger partial charge in [-0.15, -0.1) is 0 Å². The zero-order chi connectivity index (χ0) is 14.0. The lowest BCUT2D eigenvalue weighted by Crippen LogP contribution is -2.13. The SMILES string of the molecule is Cc1ccc(F)c(NC(=O)c2cc(C(=O)O)on2)c1. The first-order valence-electron chi connectivity index (χ1n) is 5.25. The molecule has 0 saturated carbocycles. The Morgan fingerprint density at radius 1 is 1.37 bits per heavy atom. The minimum atomic E-state index is -1.34. The van der Waals surface area contributed by atoms with Crippen LogP contribution in [0.2, 0.25) is 0 Å². The number of halogens is 1. The number of carboxylic acid groups (broad SMARTS) is 1. The predicted octanol–water partition coefficient (Wildman–Crippen LogP) is 2.07. The van der Waals surface area contributed by atoms with E-state index in [9.17, 15) is 14.0 Å². The van der Waals surface area contributed by atoms with Crippen LogP contribution in [0.4, 0.5) is 10.1 Å². The predicted molar refractivity (Wildman–Crippen MR) is 62.6 cm³/mol. The van der Waals surface area contributed by atoms with Gasteiger partial charge >= 0.3 is 5.97 Å². The van der Waals surface area contributed by atoms with E-state index in [0.717, 1.165) is 11.6 Å². The largest absolute Gasteiger partial charge is 0.475 e. The van der Waals surface area contributed by atoms with Gasteiger partial charge in [0.05, 0.1) is 5.69 Å². The second kappa shape index (κ2) is 4.89. The van der Waals surface area contributed by atoms with Crippen LogP contribution in [-0.2, 0) is 0 Å². The molecular weight excluding hydrogens is 255 g/mol. The van der Waals surface area contributed by atoms with Crippen LogP contribution in [0, 0.1) is 12.7 Å². The summed E-state index contributed by atoms with van der Waals surface area (Å²) >= 11 is 0. The Labute approximate surface area is 106 Å². The first kappa shape index (κ1) is 12.7. The van der Waals surface area contributed by atoms with E-state index in [1.54, 1.807) is 13.0 Å². The highest BCUT2D eigenvalue weighted by Gasteiger charge is 2.17. The van der Waals surface area contributed by atoms with E-state index < -0.39 is 23.5 Å². The monoisotopic (exact) mass is 264 g/mol. The van der Waals surface area contributed by atoms with Crippen LogP contribution in [0.25, 0.3) is 0 Å². The smallest absolute Gasteiger partial charge is 0.374 e. The van der Waals surface area contributed by atoms with E-state index in [2.05, 4.69) is 15.0 Å². The number of anilines is 1. The van der Waals surface area contributed by atoms with Gasteiger partial charge in [0.1, 0.15) is 5.82 Å². The molecule has 1 aromatic heterocycles. The quantitative estimate of drug-likeness (QED) is 0.885. The van der Waals surface area contributed by atoms with Crippen molar-refractivity contribution >= 4 is 17.6 Å². The number of carboxylic acids is 1. The highest BCUT2D eigenvalue weighted by Crippen LogP contribution is 2.16. The van der Waals surface area contributed by atoms with Crippen LogP contribution in [0.5, 0.6) is 0 Å². The van der Waals surface area contributed by atoms with Gasteiger partial charge in [0.2, 0.25) is 5.76 Å². The van der Waals surface area contributed by atoms with Gasteiger partial charge in [0.15, 0.2) is 5.69 Å². The molecule has 6 nitrogen and oxygen atoms in total. The van der Waals surface area contributed by atoms with Crippen molar-refractivity contribution in [2.75, 3.05) is 5.32 Å². The maximum Gasteiger partial charge on any atom is 0.374 e. The third-order valence-corrected chi connectivity index (χ3v) is 2.32. The number of nitrogens with zero attached hydrogens (tertiary/aromatic N) is 1. The average Bonchev–Trinajstić information content (AvgIpc) is 2.83. The van der Waals surface area contributed by atoms with Crippen molar-refractivity contribution in [2.24, 2.45) is 0 Å². The van der Waals surface area contributed by atoms with E-state index >= 15 is 0 Å². The molecule has 0 fully saturated rings. The van der Waals surface area contributed by atoms with Crippen molar-refractivity contribution in [3.05, 3.63) is 47.1 Å². The Bertz CT molecular complexity index is 651. The molecular formula is C12H9FN2O4. The maximum absolute atomic E-state index is 13.4. The van der Waals surface area contributed by atoms with E-state index in [0.29, 0.717) is 0 Å². The number of benzene rings is 1. The Hall–Kier alpha value is -2.70. The van der Waals surface area contributed by atoms with Gasteiger partial charge in [-0.25, -0.2) is 9.18 Å². The Morgan fingerprint density at radius 2 is 2.11 bits per heavy atom. The summed E-state index contributed by atoms with van der Waals surface area (Å²) in [6, 6.07) is 5.19. The highest BCUT2D eigenvalue weighted by molar-refractivity contribution is 6.03. The van der Waals surface area contributed by atoms with Gasteiger partial charge in [-0.2, -0.15) is 0 Å². The van der Waals surface area contributed by atoms with Gasteiger partial charge < -0.3 is 14.9 Å². The molecule has 1 heterocycles. The number of rotatable bonds is 3. The minimum absolute atomic E-state index is 0.00937. The average molecular weight is 264 g/mol. The fourth-order valence-electron chi connectivity index (χ4n) is 1.40. The maximum atomic E-state index is 13.4. The first-order valence-corrected chi connectivity index (χ1v) is 5.25. The Morgan fingerprint density at radius 3 is 2.74 bits per heavy atom. The molecule has 0 bridgehead atoms. The molecule has 7 heteroatoms. The van der Waals surface area contributed by atoms with Crippen molar-refractivity contribution in [3.8, 4) is 0 Å². The van der Waals surface area contributed by atoms with Crippen LogP contribution in [-0.4, -0.2) is 22.1 Å². The molecule has 19 heavy (non-hydrogen) atoms. The number of aromatic nitrogens is 1. The molecule has 1 amide bonds. The molecule has 98 valence electrons. The van der Waals surface area contributed by atoms with Gasteiger partial charge in [-0.1, -0.05) is 11.2 Å². The number of nitrogens with one attached hydrogen (secondary N) is 1. The molecule has 1 aromatic carbocycles. The molecule has 0 spiro atoms. The summed E-state index contributed by atoms with van der Waals surface area (Å²) < 4.78 is 17.9. The van der Waals surface area contributed by atoms with Crippen LogP contribution in [0.1, 0.15) is 26.6 Å². The highest BCUT2D eigenvalue weighted by atomic mass is 19.1. The topological polar surface area (TPSA) is 92.4 Å². The summed E-state index contributed by atoms with van der Waals surface area (Å²) in [5, 5.41) is 14.2. The molecule has 2 rings (SSSR count). The van der Waals surface area contributed by atoms with Gasteiger partial charge in [-0.05, 0) is 24.6 Å². The van der Waals surface area contributed by atoms with E-state index in [1.165, 1.54) is 12.1 Å². The van der Waals surface area contributed by atoms with Crippen LogP contribution < -0.4 is 5.32 Å². The van der Waals surface area contributed by atoms with Gasteiger partial charge in [0.25, 0.3) is 5.91 Å². The second-order valence-corrected chi connectivity index (χ2v) is 3.82. The summed E-state index contributed by atoms with van der Waals surface area (Å²) in [5.74, 6) is -3.15. The minimum Gasteiger partial charge on any atom is -0.475 e. The molecule has 0 unspecified atom stereocenters. The number of carbonyl (C=O) groups is 2. The molecule has 2 aromatic rings. The van der Waals surface area contributed by atoms with Crippen molar-refractivity contribution in [3.63, 3.8) is 0 Å². The van der Waals surface area contributed by atoms with Gasteiger partial charge in [-0.3, -0.25) is 4.79 Å². The van der Waals surface area contributed by atoms with Crippen molar-refractivity contribution in [1.82, 2.24) is 5.16 Å². The van der Waals surface area contributed by atoms with Crippen molar-refractivity contribution in [1.29, 1.82) is 0 Å². The van der Waals surface area contributed by atoms with Crippen molar-refractivity contribution in [2.45, 2.75) is 6.92 Å². The van der Waals surface area contributed by atoms with Crippen LogP contribution in [0.3, 0.4) is 0 Å². The van der Waals surface area contributed by atoms with Crippen molar-refractivity contribution < 1.29 is 23.6 Å². The molecule has 0 radical (unpaired) electrons. The lowest BCUT2D eigenvalue weighted by molar-refractivity contribution is 0.0651. The third kappa shape index (κ3) is 2.76. The lowest BCUT2D eigenvalue weighted by Gasteiger charge is -2.05. The number of hydrogen-bond donors (Lipinski definition) is 2. The standard InChI is InChI=1S/C12H9FN2O4/c1-6-2-3-7(13)8(4-6)14-11(16)9-5-10(12(17)18)19-15-9/h2-5H,1H3,(H,14,16)(H,17,18). The zero-order valence-corrected chi connectivity index (χ0v) is 9.81. The van der Waals surface area contributed by atoms with E-state index in [4.69, 9.17) is 5.11 Å². The number of hydrogen-bond acceptors (Lipinski definition) is 4. The number of amides is 1. The normalized spacial score (nSPS) is 10.2. The summed E-state index contributed by atoms with van der Waals surface area (Å²) in [6.07, 6.45) is 0. The number of aryl methyl sites for hydroxylation is 1. The number of carbonyl (C=O) groups excluding carboxylic acids is 1. The lowest BCUT2D eigenvalue weighted by atomic mass is 10.2. The fourth-order valence-corrected chi connectivity index (χ4v) is 1.40. The zero-order valence-electron chi connectivity index (χ0n) is 9.81. The second-order valence-electron chi connectivity index (χ2n) is 3.82. The summed E-state index contributed by atoms with van der Waals surface area (Å²) in [6.45, 7) is 1.74. The summed E-state index contributed by atoms with van der Waals surface area (Å²) in [5.41, 5.74) is 0.520. The Balaban J connectivity index is 2.20. The fraction of sp³-hybridized carbons (Fsp3) is 0.0833. The molecule has 0 aliphatic rings. The summed E-state index contributed by atoms with van der Waals surface area (Å²) in [4.78, 5) is 22.3. The van der Waals surface area contributed by atoms with Crippen LogP contribution in [0.15, 0.2) is 28.8 Å². The molecule has 0 aliphatic heterocycles. The van der Waals surface area contributed by atoms with Gasteiger partial charge in [0, 0.05) is 6.07 Å². The molecule has 0 aliphatic carbocycles.